The molecular formula is C16H23NO. The van der Waals surface area contributed by atoms with Gasteiger partial charge in [0.2, 0.25) is 0 Å². The fourth-order valence-corrected chi connectivity index (χ4v) is 3.30. The normalized spacial score (nSPS) is 27.8. The van der Waals surface area contributed by atoms with E-state index in [9.17, 15) is 0 Å². The summed E-state index contributed by atoms with van der Waals surface area (Å²) < 4.78 is 5.27. The van der Waals surface area contributed by atoms with Gasteiger partial charge in [0.25, 0.3) is 0 Å². The van der Waals surface area contributed by atoms with Crippen LogP contribution >= 0.6 is 0 Å². The van der Waals surface area contributed by atoms with Crippen LogP contribution < -0.4 is 10.1 Å². The van der Waals surface area contributed by atoms with Crippen LogP contribution in [0.5, 0.6) is 5.75 Å². The second kappa shape index (κ2) is 5.21. The highest BCUT2D eigenvalue weighted by Gasteiger charge is 2.34. The molecule has 0 heterocycles. The fourth-order valence-electron chi connectivity index (χ4n) is 3.30. The summed E-state index contributed by atoms with van der Waals surface area (Å²) in [7, 11) is 1.73. The molecule has 2 nitrogen and oxygen atoms in total. The standard InChI is InChI=1S/C16H23NO/c1-18-16-7-3-6-15(11-16)17-14-5-2-4-13(10-14)12-8-9-12/h3,6-7,11-14,17H,2,4-5,8-10H2,1H3. The molecule has 0 amide bonds. The van der Waals surface area contributed by atoms with Crippen molar-refractivity contribution < 1.29 is 4.74 Å². The third kappa shape index (κ3) is 2.80. The van der Waals surface area contributed by atoms with E-state index in [4.69, 9.17) is 4.74 Å². The summed E-state index contributed by atoms with van der Waals surface area (Å²) in [6, 6.07) is 8.96. The number of methoxy groups -OCH3 is 1. The van der Waals surface area contributed by atoms with Crippen molar-refractivity contribution in [1.82, 2.24) is 0 Å². The lowest BCUT2D eigenvalue weighted by molar-refractivity contribution is 0.303. The Morgan fingerprint density at radius 2 is 2.00 bits per heavy atom. The molecule has 2 atom stereocenters. The lowest BCUT2D eigenvalue weighted by Gasteiger charge is -2.30. The third-order valence-corrected chi connectivity index (χ3v) is 4.44. The molecule has 0 bridgehead atoms. The zero-order valence-electron chi connectivity index (χ0n) is 11.2. The van der Waals surface area contributed by atoms with Gasteiger partial charge in [-0.2, -0.15) is 0 Å². The molecule has 98 valence electrons. The first-order valence-corrected chi connectivity index (χ1v) is 7.26. The summed E-state index contributed by atoms with van der Waals surface area (Å²) in [4.78, 5) is 0. The number of hydrogen-bond donors (Lipinski definition) is 1. The molecule has 2 aliphatic rings. The highest BCUT2D eigenvalue weighted by molar-refractivity contribution is 5.48. The van der Waals surface area contributed by atoms with Crippen molar-refractivity contribution in [2.75, 3.05) is 12.4 Å². The number of anilines is 1. The molecule has 1 aromatic carbocycles. The lowest BCUT2D eigenvalue weighted by atomic mass is 9.82. The Morgan fingerprint density at radius 3 is 2.78 bits per heavy atom. The molecule has 0 aromatic heterocycles. The maximum Gasteiger partial charge on any atom is 0.120 e. The van der Waals surface area contributed by atoms with Gasteiger partial charge in [-0.05, 0) is 49.7 Å². The third-order valence-electron chi connectivity index (χ3n) is 4.44. The van der Waals surface area contributed by atoms with E-state index in [-0.39, 0.29) is 0 Å². The average Bonchev–Trinajstić information content (AvgIpc) is 3.24. The molecule has 1 N–H and O–H groups in total. The molecule has 0 saturated heterocycles. The average molecular weight is 245 g/mol. The highest BCUT2D eigenvalue weighted by atomic mass is 16.5. The van der Waals surface area contributed by atoms with E-state index in [1.165, 1.54) is 44.2 Å². The minimum absolute atomic E-state index is 0.663. The first-order valence-electron chi connectivity index (χ1n) is 7.26. The van der Waals surface area contributed by atoms with Crippen LogP contribution in [-0.2, 0) is 0 Å². The molecule has 1 aromatic rings. The van der Waals surface area contributed by atoms with Crippen LogP contribution in [0.1, 0.15) is 38.5 Å². The van der Waals surface area contributed by atoms with E-state index in [0.29, 0.717) is 6.04 Å². The molecule has 2 unspecified atom stereocenters. The van der Waals surface area contributed by atoms with Crippen LogP contribution in [-0.4, -0.2) is 13.2 Å². The maximum atomic E-state index is 5.27. The molecule has 0 aliphatic heterocycles. The minimum Gasteiger partial charge on any atom is -0.497 e. The monoisotopic (exact) mass is 245 g/mol. The number of nitrogens with one attached hydrogen (secondary N) is 1. The molecule has 2 fully saturated rings. The summed E-state index contributed by atoms with van der Waals surface area (Å²) in [5.41, 5.74) is 1.20. The largest absolute Gasteiger partial charge is 0.497 e. The first-order chi connectivity index (χ1) is 8.85. The van der Waals surface area contributed by atoms with Crippen molar-refractivity contribution in [3.05, 3.63) is 24.3 Å². The van der Waals surface area contributed by atoms with Crippen molar-refractivity contribution in [2.24, 2.45) is 11.8 Å². The Labute approximate surface area is 110 Å². The first kappa shape index (κ1) is 11.9. The Bertz CT molecular complexity index is 400. The van der Waals surface area contributed by atoms with Crippen LogP contribution in [0, 0.1) is 11.8 Å². The zero-order valence-corrected chi connectivity index (χ0v) is 11.2. The van der Waals surface area contributed by atoms with Gasteiger partial charge in [-0.1, -0.05) is 18.9 Å². The Balaban J connectivity index is 1.60. The van der Waals surface area contributed by atoms with Gasteiger partial charge in [-0.15, -0.1) is 0 Å². The molecule has 0 radical (unpaired) electrons. The van der Waals surface area contributed by atoms with Crippen molar-refractivity contribution in [1.29, 1.82) is 0 Å². The van der Waals surface area contributed by atoms with Crippen molar-refractivity contribution in [2.45, 2.75) is 44.6 Å². The highest BCUT2D eigenvalue weighted by Crippen LogP contribution is 2.44. The second-order valence-corrected chi connectivity index (χ2v) is 5.84. The maximum absolute atomic E-state index is 5.27. The summed E-state index contributed by atoms with van der Waals surface area (Å²) in [6.07, 6.45) is 8.50. The van der Waals surface area contributed by atoms with Gasteiger partial charge < -0.3 is 10.1 Å². The number of rotatable bonds is 4. The van der Waals surface area contributed by atoms with Crippen LogP contribution in [0.4, 0.5) is 5.69 Å². The van der Waals surface area contributed by atoms with Crippen molar-refractivity contribution >= 4 is 5.69 Å². The topological polar surface area (TPSA) is 21.3 Å². The molecule has 2 heteroatoms. The van der Waals surface area contributed by atoms with Crippen LogP contribution in [0.25, 0.3) is 0 Å². The van der Waals surface area contributed by atoms with E-state index in [0.717, 1.165) is 17.6 Å². The molecule has 18 heavy (non-hydrogen) atoms. The lowest BCUT2D eigenvalue weighted by Crippen LogP contribution is -2.28. The quantitative estimate of drug-likeness (QED) is 0.863. The number of ether oxygens (including phenoxy) is 1. The Kier molecular flexibility index (Phi) is 3.44. The summed E-state index contributed by atoms with van der Waals surface area (Å²) in [5, 5.41) is 3.69. The van der Waals surface area contributed by atoms with Crippen LogP contribution in [0.2, 0.25) is 0 Å². The fraction of sp³-hybridized carbons (Fsp3) is 0.625. The van der Waals surface area contributed by atoms with Crippen LogP contribution in [0.15, 0.2) is 24.3 Å². The van der Waals surface area contributed by atoms with E-state index < -0.39 is 0 Å². The minimum atomic E-state index is 0.663. The smallest absolute Gasteiger partial charge is 0.120 e. The summed E-state index contributed by atoms with van der Waals surface area (Å²) in [5.74, 6) is 2.98. The van der Waals surface area contributed by atoms with Gasteiger partial charge in [0, 0.05) is 17.8 Å². The molecular weight excluding hydrogens is 222 g/mol. The van der Waals surface area contributed by atoms with E-state index >= 15 is 0 Å². The number of benzene rings is 1. The summed E-state index contributed by atoms with van der Waals surface area (Å²) in [6.45, 7) is 0. The second-order valence-electron chi connectivity index (χ2n) is 5.84. The van der Waals surface area contributed by atoms with E-state index in [1.807, 2.05) is 6.07 Å². The van der Waals surface area contributed by atoms with Crippen molar-refractivity contribution in [3.8, 4) is 5.75 Å². The van der Waals surface area contributed by atoms with Crippen LogP contribution in [0.3, 0.4) is 0 Å². The predicted octanol–water partition coefficient (Wildman–Crippen LogP) is 4.08. The van der Waals surface area contributed by atoms with Gasteiger partial charge >= 0.3 is 0 Å². The van der Waals surface area contributed by atoms with Gasteiger partial charge in [0.05, 0.1) is 7.11 Å². The molecule has 3 rings (SSSR count). The van der Waals surface area contributed by atoms with Gasteiger partial charge in [0.1, 0.15) is 5.75 Å². The summed E-state index contributed by atoms with van der Waals surface area (Å²) >= 11 is 0. The van der Waals surface area contributed by atoms with E-state index in [2.05, 4.69) is 23.5 Å². The molecule has 0 spiro atoms. The molecule has 2 aliphatic carbocycles. The Hall–Kier alpha value is -1.18. The molecule has 2 saturated carbocycles. The zero-order chi connectivity index (χ0) is 12.4. The van der Waals surface area contributed by atoms with Gasteiger partial charge in [-0.3, -0.25) is 0 Å². The Morgan fingerprint density at radius 1 is 1.11 bits per heavy atom. The number of hydrogen-bond acceptors (Lipinski definition) is 2. The van der Waals surface area contributed by atoms with Crippen molar-refractivity contribution in [3.63, 3.8) is 0 Å². The van der Waals surface area contributed by atoms with E-state index in [1.54, 1.807) is 7.11 Å². The van der Waals surface area contributed by atoms with Gasteiger partial charge in [-0.25, -0.2) is 0 Å². The SMILES string of the molecule is COc1cccc(NC2CCCC(C3CC3)C2)c1. The predicted molar refractivity (Wildman–Crippen MR) is 75.1 cm³/mol. The van der Waals surface area contributed by atoms with Gasteiger partial charge in [0.15, 0.2) is 0 Å².